The fourth-order valence-corrected chi connectivity index (χ4v) is 3.04. The van der Waals surface area contributed by atoms with E-state index in [0.717, 1.165) is 28.6 Å². The van der Waals surface area contributed by atoms with Crippen LogP contribution in [0.4, 0.5) is 5.69 Å². The van der Waals surface area contributed by atoms with Gasteiger partial charge in [0.2, 0.25) is 0 Å². The van der Waals surface area contributed by atoms with E-state index in [4.69, 9.17) is 0 Å². The highest BCUT2D eigenvalue weighted by atomic mass is 79.9. The summed E-state index contributed by atoms with van der Waals surface area (Å²) in [7, 11) is 0. The third-order valence-corrected chi connectivity index (χ3v) is 3.99. The minimum Gasteiger partial charge on any atom is -0.368 e. The van der Waals surface area contributed by atoms with E-state index in [0.29, 0.717) is 12.0 Å². The number of nitrogens with zero attached hydrogens (tertiary/aromatic N) is 1. The number of aldehydes is 1. The van der Waals surface area contributed by atoms with Crippen LogP contribution in [0.3, 0.4) is 0 Å². The summed E-state index contributed by atoms with van der Waals surface area (Å²) in [6, 6.07) is 6.53. The molecule has 0 amide bonds. The molecule has 1 fully saturated rings. The van der Waals surface area contributed by atoms with Crippen LogP contribution in [0.1, 0.15) is 37.0 Å². The molecule has 0 spiro atoms. The molecule has 0 bridgehead atoms. The summed E-state index contributed by atoms with van der Waals surface area (Å²) in [5, 5.41) is 0. The van der Waals surface area contributed by atoms with E-state index >= 15 is 0 Å². The van der Waals surface area contributed by atoms with Gasteiger partial charge in [-0.1, -0.05) is 29.8 Å². The highest BCUT2D eigenvalue weighted by Gasteiger charge is 2.28. The highest BCUT2D eigenvalue weighted by Crippen LogP contribution is 2.32. The van der Waals surface area contributed by atoms with Crippen LogP contribution in [0.25, 0.3) is 0 Å². The molecule has 17 heavy (non-hydrogen) atoms. The van der Waals surface area contributed by atoms with Crippen LogP contribution in [0.15, 0.2) is 22.7 Å². The minimum absolute atomic E-state index is 0.565. The van der Waals surface area contributed by atoms with Gasteiger partial charge in [-0.3, -0.25) is 4.79 Å². The zero-order valence-corrected chi connectivity index (χ0v) is 11.9. The van der Waals surface area contributed by atoms with E-state index < -0.39 is 0 Å². The molecule has 92 valence electrons. The van der Waals surface area contributed by atoms with Crippen molar-refractivity contribution in [1.82, 2.24) is 0 Å². The molecular weight excluding hydrogens is 278 g/mol. The maximum absolute atomic E-state index is 11.2. The van der Waals surface area contributed by atoms with Crippen molar-refractivity contribution in [3.05, 3.63) is 28.2 Å². The number of anilines is 1. The zero-order chi connectivity index (χ0) is 12.4. The molecule has 1 saturated heterocycles. The molecule has 0 N–H and O–H groups in total. The Morgan fingerprint density at radius 1 is 1.47 bits per heavy atom. The number of hydrogen-bond acceptors (Lipinski definition) is 2. The first-order valence-corrected chi connectivity index (χ1v) is 6.94. The summed E-state index contributed by atoms with van der Waals surface area (Å²) in [6.45, 7) is 5.57. The molecule has 2 rings (SSSR count). The van der Waals surface area contributed by atoms with Gasteiger partial charge in [-0.2, -0.15) is 0 Å². The lowest BCUT2D eigenvalue weighted by atomic mass is 10.0. The van der Waals surface area contributed by atoms with Crippen molar-refractivity contribution >= 4 is 27.9 Å². The van der Waals surface area contributed by atoms with Crippen molar-refractivity contribution in [3.8, 4) is 0 Å². The van der Waals surface area contributed by atoms with E-state index in [9.17, 15) is 4.79 Å². The zero-order valence-electron chi connectivity index (χ0n) is 10.3. The first-order valence-electron chi connectivity index (χ1n) is 6.15. The summed E-state index contributed by atoms with van der Waals surface area (Å²) in [6.07, 6.45) is 3.40. The first-order chi connectivity index (χ1) is 8.13. The van der Waals surface area contributed by atoms with Crippen LogP contribution in [0.2, 0.25) is 0 Å². The Kier molecular flexibility index (Phi) is 3.87. The fourth-order valence-electron chi connectivity index (χ4n) is 2.67. The van der Waals surface area contributed by atoms with Gasteiger partial charge >= 0.3 is 0 Å². The largest absolute Gasteiger partial charge is 0.368 e. The Morgan fingerprint density at radius 3 is 2.88 bits per heavy atom. The highest BCUT2D eigenvalue weighted by molar-refractivity contribution is 9.10. The molecule has 1 heterocycles. The van der Waals surface area contributed by atoms with Gasteiger partial charge in [0.15, 0.2) is 6.29 Å². The normalized spacial score (nSPS) is 20.0. The molecule has 1 aromatic rings. The van der Waals surface area contributed by atoms with Crippen molar-refractivity contribution < 1.29 is 4.79 Å². The van der Waals surface area contributed by atoms with Gasteiger partial charge in [0.05, 0.1) is 0 Å². The molecule has 3 heteroatoms. The molecule has 1 aliphatic heterocycles. The summed E-state index contributed by atoms with van der Waals surface area (Å²) in [4.78, 5) is 13.6. The lowest BCUT2D eigenvalue weighted by Gasteiger charge is -2.30. The number of carbonyl (C=O) groups is 1. The molecule has 0 radical (unpaired) electrons. The second kappa shape index (κ2) is 5.21. The number of hydrogen-bond donors (Lipinski definition) is 0. The van der Waals surface area contributed by atoms with E-state index in [1.807, 2.05) is 12.1 Å². The Morgan fingerprint density at radius 2 is 2.24 bits per heavy atom. The number of benzene rings is 1. The minimum atomic E-state index is 0.565. The molecule has 1 unspecified atom stereocenters. The lowest BCUT2D eigenvalue weighted by Crippen LogP contribution is -2.33. The van der Waals surface area contributed by atoms with Crippen molar-refractivity contribution in [2.24, 2.45) is 5.92 Å². The second-order valence-electron chi connectivity index (χ2n) is 4.97. The Labute approximate surface area is 111 Å². The van der Waals surface area contributed by atoms with Gasteiger partial charge in [-0.05, 0) is 37.0 Å². The second-order valence-corrected chi connectivity index (χ2v) is 5.88. The van der Waals surface area contributed by atoms with Crippen molar-refractivity contribution in [2.75, 3.05) is 11.4 Å². The summed E-state index contributed by atoms with van der Waals surface area (Å²) in [5.74, 6) is 0.626. The SMILES string of the molecule is CC(C)C1CCCN1c1ccc(Br)cc1C=O. The van der Waals surface area contributed by atoms with Crippen molar-refractivity contribution in [2.45, 2.75) is 32.7 Å². The van der Waals surface area contributed by atoms with E-state index in [1.165, 1.54) is 12.8 Å². The number of rotatable bonds is 3. The van der Waals surface area contributed by atoms with Gasteiger partial charge in [-0.15, -0.1) is 0 Å². The van der Waals surface area contributed by atoms with Gasteiger partial charge in [0.25, 0.3) is 0 Å². The monoisotopic (exact) mass is 295 g/mol. The predicted octanol–water partition coefficient (Wildman–Crippen LogP) is 3.89. The molecule has 0 aliphatic carbocycles. The maximum atomic E-state index is 11.2. The quantitative estimate of drug-likeness (QED) is 0.789. The molecule has 2 nitrogen and oxygen atoms in total. The number of carbonyl (C=O) groups excluding carboxylic acids is 1. The van der Waals surface area contributed by atoms with Crippen molar-refractivity contribution in [1.29, 1.82) is 0 Å². The van der Waals surface area contributed by atoms with Crippen LogP contribution < -0.4 is 4.90 Å². The fraction of sp³-hybridized carbons (Fsp3) is 0.500. The molecule has 1 atom stereocenters. The maximum Gasteiger partial charge on any atom is 0.152 e. The molecule has 1 aromatic carbocycles. The standard InChI is InChI=1S/C14H18BrNO/c1-10(2)13-4-3-7-16(13)14-6-5-12(15)8-11(14)9-17/h5-6,8-10,13H,3-4,7H2,1-2H3. The average Bonchev–Trinajstić information content (AvgIpc) is 2.77. The van der Waals surface area contributed by atoms with E-state index in [1.54, 1.807) is 0 Å². The third-order valence-electron chi connectivity index (χ3n) is 3.49. The Bertz CT molecular complexity index is 417. The first kappa shape index (κ1) is 12.6. The van der Waals surface area contributed by atoms with Gasteiger partial charge in [0, 0.05) is 28.3 Å². The van der Waals surface area contributed by atoms with Crippen LogP contribution in [0.5, 0.6) is 0 Å². The predicted molar refractivity (Wildman–Crippen MR) is 74.7 cm³/mol. The third kappa shape index (κ3) is 2.54. The van der Waals surface area contributed by atoms with Crippen LogP contribution in [0, 0.1) is 5.92 Å². The summed E-state index contributed by atoms with van der Waals surface area (Å²) >= 11 is 3.41. The van der Waals surface area contributed by atoms with Gasteiger partial charge < -0.3 is 4.90 Å². The molecule has 0 saturated carbocycles. The van der Waals surface area contributed by atoms with E-state index in [2.05, 4.69) is 40.7 Å². The average molecular weight is 296 g/mol. The van der Waals surface area contributed by atoms with Crippen molar-refractivity contribution in [3.63, 3.8) is 0 Å². The Hall–Kier alpha value is -0.830. The van der Waals surface area contributed by atoms with Gasteiger partial charge in [-0.25, -0.2) is 0 Å². The van der Waals surface area contributed by atoms with Crippen LogP contribution in [-0.2, 0) is 0 Å². The molecule has 1 aliphatic rings. The lowest BCUT2D eigenvalue weighted by molar-refractivity contribution is 0.112. The Balaban J connectivity index is 2.36. The topological polar surface area (TPSA) is 20.3 Å². The van der Waals surface area contributed by atoms with E-state index in [-0.39, 0.29) is 0 Å². The van der Waals surface area contributed by atoms with Crippen LogP contribution in [-0.4, -0.2) is 18.9 Å². The number of halogens is 1. The smallest absolute Gasteiger partial charge is 0.152 e. The van der Waals surface area contributed by atoms with Gasteiger partial charge in [0.1, 0.15) is 0 Å². The summed E-state index contributed by atoms with van der Waals surface area (Å²) < 4.78 is 0.962. The molecular formula is C14H18BrNO. The molecule has 0 aromatic heterocycles. The van der Waals surface area contributed by atoms with Crippen LogP contribution >= 0.6 is 15.9 Å². The summed E-state index contributed by atoms with van der Waals surface area (Å²) in [5.41, 5.74) is 1.87.